The zero-order valence-electron chi connectivity index (χ0n) is 14.2. The molecule has 0 saturated carbocycles. The Morgan fingerprint density at radius 1 is 1.32 bits per heavy atom. The molecule has 9 nitrogen and oxygen atoms in total. The van der Waals surface area contributed by atoms with Crippen molar-refractivity contribution in [1.82, 2.24) is 19.0 Å². The van der Waals surface area contributed by atoms with Gasteiger partial charge in [0.1, 0.15) is 17.7 Å². The summed E-state index contributed by atoms with van der Waals surface area (Å²) in [5.41, 5.74) is -0.924. The fourth-order valence-corrected chi connectivity index (χ4v) is 2.85. The molecular weight excluding hydrogens is 328 g/mol. The Labute approximate surface area is 143 Å². The lowest BCUT2D eigenvalue weighted by Gasteiger charge is -2.27. The summed E-state index contributed by atoms with van der Waals surface area (Å²) in [6.07, 6.45) is 1.48. The molecule has 0 spiro atoms. The van der Waals surface area contributed by atoms with E-state index in [-0.39, 0.29) is 23.5 Å². The van der Waals surface area contributed by atoms with Gasteiger partial charge in [0.15, 0.2) is 5.65 Å². The molecule has 134 valence electrons. The van der Waals surface area contributed by atoms with E-state index >= 15 is 0 Å². The number of aromatic nitrogens is 3. The van der Waals surface area contributed by atoms with Crippen LogP contribution in [0.1, 0.15) is 6.92 Å². The van der Waals surface area contributed by atoms with Crippen LogP contribution < -0.4 is 16.0 Å². The van der Waals surface area contributed by atoms with Crippen molar-refractivity contribution in [3.05, 3.63) is 33.1 Å². The van der Waals surface area contributed by atoms with E-state index in [1.807, 2.05) is 0 Å². The topological polar surface area (TPSA) is 95.7 Å². The molecule has 1 amide bonds. The highest BCUT2D eigenvalue weighted by Crippen LogP contribution is 2.18. The number of hydrogen-bond donors (Lipinski definition) is 0. The van der Waals surface area contributed by atoms with E-state index in [9.17, 15) is 14.4 Å². The normalized spacial score (nSPS) is 14.7. The van der Waals surface area contributed by atoms with Crippen LogP contribution in [0.4, 0.5) is 0 Å². The van der Waals surface area contributed by atoms with Crippen molar-refractivity contribution < 1.29 is 14.3 Å². The maximum absolute atomic E-state index is 12.8. The predicted octanol–water partition coefficient (Wildman–Crippen LogP) is -0.647. The molecule has 1 aliphatic heterocycles. The Kier molecular flexibility index (Phi) is 4.84. The number of amides is 1. The van der Waals surface area contributed by atoms with Crippen molar-refractivity contribution in [3.63, 3.8) is 0 Å². The van der Waals surface area contributed by atoms with Crippen molar-refractivity contribution in [2.24, 2.45) is 7.05 Å². The Morgan fingerprint density at radius 3 is 2.72 bits per heavy atom. The fourth-order valence-electron chi connectivity index (χ4n) is 2.85. The molecule has 3 heterocycles. The van der Waals surface area contributed by atoms with Crippen LogP contribution in [0.2, 0.25) is 0 Å². The molecule has 1 aliphatic rings. The summed E-state index contributed by atoms with van der Waals surface area (Å²) >= 11 is 0. The minimum Gasteiger partial charge on any atom is -0.493 e. The third-order valence-electron chi connectivity index (χ3n) is 4.14. The quantitative estimate of drug-likeness (QED) is 0.729. The molecule has 0 aliphatic carbocycles. The number of carbonyl (C=O) groups is 1. The van der Waals surface area contributed by atoms with Crippen molar-refractivity contribution in [1.29, 1.82) is 0 Å². The van der Waals surface area contributed by atoms with Gasteiger partial charge in [-0.3, -0.25) is 14.2 Å². The molecule has 25 heavy (non-hydrogen) atoms. The van der Waals surface area contributed by atoms with Gasteiger partial charge in [0.25, 0.3) is 5.56 Å². The number of aryl methyl sites for hydroxylation is 1. The molecule has 9 heteroatoms. The molecule has 2 aromatic rings. The number of ether oxygens (including phenoxy) is 2. The van der Waals surface area contributed by atoms with Crippen molar-refractivity contribution >= 4 is 16.9 Å². The highest BCUT2D eigenvalue weighted by Gasteiger charge is 2.21. The molecule has 3 rings (SSSR count). The molecule has 2 aromatic heterocycles. The highest BCUT2D eigenvalue weighted by atomic mass is 16.5. The Morgan fingerprint density at radius 2 is 2.04 bits per heavy atom. The van der Waals surface area contributed by atoms with Crippen LogP contribution in [0.15, 0.2) is 21.9 Å². The van der Waals surface area contributed by atoms with Crippen molar-refractivity contribution in [2.45, 2.75) is 13.5 Å². The van der Waals surface area contributed by atoms with E-state index < -0.39 is 11.2 Å². The summed E-state index contributed by atoms with van der Waals surface area (Å²) in [7, 11) is 1.52. The standard InChI is InChI=1S/C16H20N4O5/c1-3-25-11-4-5-17-14-13(11)15(22)20(16(23)18(14)2)10-12(21)19-6-8-24-9-7-19/h4-5H,3,6-10H2,1-2H3. The van der Waals surface area contributed by atoms with Crippen LogP contribution >= 0.6 is 0 Å². The average Bonchev–Trinajstić information content (AvgIpc) is 2.64. The number of hydrogen-bond acceptors (Lipinski definition) is 6. The largest absolute Gasteiger partial charge is 0.493 e. The number of fused-ring (bicyclic) bond motifs is 1. The third kappa shape index (κ3) is 3.14. The Hall–Kier alpha value is -2.68. The number of rotatable bonds is 4. The first-order chi connectivity index (χ1) is 12.0. The van der Waals surface area contributed by atoms with E-state index in [2.05, 4.69) is 4.98 Å². The molecule has 0 N–H and O–H groups in total. The molecule has 0 atom stereocenters. The fraction of sp³-hybridized carbons (Fsp3) is 0.500. The van der Waals surface area contributed by atoms with E-state index in [0.29, 0.717) is 38.7 Å². The summed E-state index contributed by atoms with van der Waals surface area (Å²) in [6, 6.07) is 1.58. The monoisotopic (exact) mass is 348 g/mol. The third-order valence-corrected chi connectivity index (χ3v) is 4.14. The van der Waals surface area contributed by atoms with Crippen LogP contribution in [0, 0.1) is 0 Å². The molecule has 0 unspecified atom stereocenters. The lowest BCUT2D eigenvalue weighted by molar-refractivity contribution is -0.136. The molecular formula is C16H20N4O5. The minimum absolute atomic E-state index is 0.196. The van der Waals surface area contributed by atoms with Crippen LogP contribution in [-0.4, -0.2) is 57.8 Å². The minimum atomic E-state index is -0.583. The maximum Gasteiger partial charge on any atom is 0.332 e. The zero-order valence-corrected chi connectivity index (χ0v) is 14.2. The molecule has 0 bridgehead atoms. The lowest BCUT2D eigenvalue weighted by atomic mass is 10.3. The van der Waals surface area contributed by atoms with Crippen LogP contribution in [0.25, 0.3) is 11.0 Å². The second-order valence-electron chi connectivity index (χ2n) is 5.67. The summed E-state index contributed by atoms with van der Waals surface area (Å²) in [5.74, 6) is 0.0596. The smallest absolute Gasteiger partial charge is 0.332 e. The van der Waals surface area contributed by atoms with Crippen LogP contribution in [0.3, 0.4) is 0 Å². The van der Waals surface area contributed by atoms with E-state index in [1.54, 1.807) is 17.9 Å². The molecule has 0 radical (unpaired) electrons. The summed E-state index contributed by atoms with van der Waals surface area (Å²) in [5, 5.41) is 0.196. The van der Waals surface area contributed by atoms with Crippen LogP contribution in [0.5, 0.6) is 5.75 Å². The first kappa shape index (κ1) is 17.2. The van der Waals surface area contributed by atoms with Gasteiger partial charge in [0.05, 0.1) is 19.8 Å². The number of carbonyl (C=O) groups excluding carboxylic acids is 1. The number of pyridine rings is 1. The highest BCUT2D eigenvalue weighted by molar-refractivity contribution is 5.82. The number of morpholine rings is 1. The van der Waals surface area contributed by atoms with Gasteiger partial charge in [-0.1, -0.05) is 0 Å². The summed E-state index contributed by atoms with van der Waals surface area (Å²) in [4.78, 5) is 43.5. The molecule has 1 fully saturated rings. The second kappa shape index (κ2) is 7.06. The summed E-state index contributed by atoms with van der Waals surface area (Å²) < 4.78 is 12.9. The van der Waals surface area contributed by atoms with Gasteiger partial charge < -0.3 is 14.4 Å². The first-order valence-electron chi connectivity index (χ1n) is 8.11. The zero-order chi connectivity index (χ0) is 18.0. The average molecular weight is 348 g/mol. The van der Waals surface area contributed by atoms with E-state index in [0.717, 1.165) is 4.57 Å². The second-order valence-corrected chi connectivity index (χ2v) is 5.67. The van der Waals surface area contributed by atoms with Gasteiger partial charge in [0.2, 0.25) is 5.91 Å². The van der Waals surface area contributed by atoms with E-state index in [4.69, 9.17) is 9.47 Å². The Balaban J connectivity index is 2.08. The van der Waals surface area contributed by atoms with Crippen LogP contribution in [-0.2, 0) is 23.1 Å². The SMILES string of the molecule is CCOc1ccnc2c1c(=O)n(CC(=O)N1CCOCC1)c(=O)n2C. The van der Waals surface area contributed by atoms with Crippen molar-refractivity contribution in [3.8, 4) is 5.75 Å². The van der Waals surface area contributed by atoms with Gasteiger partial charge >= 0.3 is 5.69 Å². The van der Waals surface area contributed by atoms with Gasteiger partial charge in [-0.2, -0.15) is 0 Å². The van der Waals surface area contributed by atoms with Crippen molar-refractivity contribution in [2.75, 3.05) is 32.9 Å². The summed E-state index contributed by atoms with van der Waals surface area (Å²) in [6.45, 7) is 3.66. The Bertz CT molecular complexity index is 911. The number of nitrogens with zero attached hydrogens (tertiary/aromatic N) is 4. The first-order valence-corrected chi connectivity index (χ1v) is 8.11. The van der Waals surface area contributed by atoms with Gasteiger partial charge in [-0.05, 0) is 13.0 Å². The molecule has 1 saturated heterocycles. The van der Waals surface area contributed by atoms with Gasteiger partial charge in [-0.25, -0.2) is 14.3 Å². The van der Waals surface area contributed by atoms with E-state index in [1.165, 1.54) is 17.8 Å². The lowest BCUT2D eigenvalue weighted by Crippen LogP contribution is -2.47. The van der Waals surface area contributed by atoms with Gasteiger partial charge in [0, 0.05) is 26.3 Å². The maximum atomic E-state index is 12.8. The van der Waals surface area contributed by atoms with Gasteiger partial charge in [-0.15, -0.1) is 0 Å². The predicted molar refractivity (Wildman–Crippen MR) is 89.8 cm³/mol. The molecule has 0 aromatic carbocycles.